The largest absolute Gasteiger partial charge is 0.493 e. The summed E-state index contributed by atoms with van der Waals surface area (Å²) in [5.41, 5.74) is 0.344. The quantitative estimate of drug-likeness (QED) is 0.622. The molecule has 0 radical (unpaired) electrons. The minimum Gasteiger partial charge on any atom is -0.493 e. The van der Waals surface area contributed by atoms with Crippen LogP contribution in [0, 0.1) is 5.82 Å². The summed E-state index contributed by atoms with van der Waals surface area (Å²) in [4.78, 5) is 22.3. The molecule has 5 heteroatoms. The number of amides is 1. The van der Waals surface area contributed by atoms with E-state index in [4.69, 9.17) is 4.74 Å². The van der Waals surface area contributed by atoms with Crippen LogP contribution in [0.2, 0.25) is 0 Å². The van der Waals surface area contributed by atoms with Crippen molar-refractivity contribution in [1.29, 1.82) is 0 Å². The molecular formula is C13H16FNO3. The fraction of sp³-hybridized carbons (Fsp3) is 0.385. The number of carbonyl (C=O) groups is 2. The second-order valence-electron chi connectivity index (χ2n) is 3.82. The maximum atomic E-state index is 13.0. The Labute approximate surface area is 105 Å². The summed E-state index contributed by atoms with van der Waals surface area (Å²) in [6.07, 6.45) is 0.842. The van der Waals surface area contributed by atoms with E-state index in [-0.39, 0.29) is 24.0 Å². The molecule has 1 N–H and O–H groups in total. The lowest BCUT2D eigenvalue weighted by Gasteiger charge is -2.09. The Balaban J connectivity index is 2.58. The zero-order valence-corrected chi connectivity index (χ0v) is 10.5. The minimum absolute atomic E-state index is 0.0790. The van der Waals surface area contributed by atoms with Crippen molar-refractivity contribution < 1.29 is 18.7 Å². The van der Waals surface area contributed by atoms with Crippen molar-refractivity contribution in [3.63, 3.8) is 0 Å². The van der Waals surface area contributed by atoms with Gasteiger partial charge < -0.3 is 10.1 Å². The van der Waals surface area contributed by atoms with Crippen LogP contribution in [0.5, 0.6) is 5.75 Å². The van der Waals surface area contributed by atoms with Crippen LogP contribution in [0.1, 0.15) is 30.1 Å². The summed E-state index contributed by atoms with van der Waals surface area (Å²) in [6.45, 7) is 1.65. The van der Waals surface area contributed by atoms with Gasteiger partial charge in [0.1, 0.15) is 11.6 Å². The Morgan fingerprint density at radius 3 is 2.72 bits per heavy atom. The zero-order chi connectivity index (χ0) is 13.5. The Bertz CT molecular complexity index is 446. The van der Waals surface area contributed by atoms with Crippen molar-refractivity contribution >= 4 is 11.7 Å². The van der Waals surface area contributed by atoms with Crippen LogP contribution in [-0.2, 0) is 4.79 Å². The van der Waals surface area contributed by atoms with Gasteiger partial charge in [-0.05, 0) is 25.5 Å². The molecule has 1 rings (SSSR count). The molecule has 1 aromatic carbocycles. The predicted octanol–water partition coefficient (Wildman–Crippen LogP) is 1.93. The van der Waals surface area contributed by atoms with Gasteiger partial charge in [-0.15, -0.1) is 0 Å². The molecule has 0 spiro atoms. The van der Waals surface area contributed by atoms with E-state index in [0.29, 0.717) is 18.4 Å². The molecule has 1 amide bonds. The molecule has 0 heterocycles. The van der Waals surface area contributed by atoms with Gasteiger partial charge >= 0.3 is 0 Å². The first kappa shape index (κ1) is 14.2. The molecule has 0 aliphatic carbocycles. The number of benzene rings is 1. The second kappa shape index (κ2) is 6.74. The van der Waals surface area contributed by atoms with Crippen molar-refractivity contribution in [2.75, 3.05) is 13.7 Å². The molecule has 0 fully saturated rings. The molecule has 0 aromatic heterocycles. The van der Waals surface area contributed by atoms with E-state index in [9.17, 15) is 14.0 Å². The SMILES string of the molecule is CNC(=O)CCCOc1cc(F)ccc1C(C)=O. The smallest absolute Gasteiger partial charge is 0.219 e. The van der Waals surface area contributed by atoms with Crippen LogP contribution in [-0.4, -0.2) is 25.3 Å². The first-order valence-electron chi connectivity index (χ1n) is 5.68. The first-order chi connectivity index (χ1) is 8.54. The van der Waals surface area contributed by atoms with E-state index in [2.05, 4.69) is 5.32 Å². The van der Waals surface area contributed by atoms with Crippen LogP contribution in [0.15, 0.2) is 18.2 Å². The molecule has 18 heavy (non-hydrogen) atoms. The van der Waals surface area contributed by atoms with E-state index in [1.807, 2.05) is 0 Å². The Morgan fingerprint density at radius 1 is 1.39 bits per heavy atom. The maximum Gasteiger partial charge on any atom is 0.219 e. The number of nitrogens with one attached hydrogen (secondary N) is 1. The molecule has 0 atom stereocenters. The lowest BCUT2D eigenvalue weighted by atomic mass is 10.1. The van der Waals surface area contributed by atoms with Crippen LogP contribution in [0.4, 0.5) is 4.39 Å². The number of ether oxygens (including phenoxy) is 1. The number of hydrogen-bond acceptors (Lipinski definition) is 3. The number of hydrogen-bond donors (Lipinski definition) is 1. The van der Waals surface area contributed by atoms with Gasteiger partial charge in [-0.1, -0.05) is 0 Å². The number of Topliss-reactive ketones (excluding diaryl/α,β-unsaturated/α-hetero) is 1. The molecule has 4 nitrogen and oxygen atoms in total. The van der Waals surface area contributed by atoms with Gasteiger partial charge in [0.2, 0.25) is 5.91 Å². The van der Waals surface area contributed by atoms with Gasteiger partial charge in [-0.2, -0.15) is 0 Å². The van der Waals surface area contributed by atoms with E-state index in [0.717, 1.165) is 0 Å². The highest BCUT2D eigenvalue weighted by Gasteiger charge is 2.09. The van der Waals surface area contributed by atoms with Gasteiger partial charge in [0, 0.05) is 19.5 Å². The van der Waals surface area contributed by atoms with E-state index in [1.165, 1.54) is 25.1 Å². The standard InChI is InChI=1S/C13H16FNO3/c1-9(16)11-6-5-10(14)8-12(11)18-7-3-4-13(17)15-2/h5-6,8H,3-4,7H2,1-2H3,(H,15,17). The molecule has 0 bridgehead atoms. The fourth-order valence-electron chi connectivity index (χ4n) is 1.45. The third kappa shape index (κ3) is 4.16. The molecule has 0 aliphatic rings. The number of rotatable bonds is 6. The zero-order valence-electron chi connectivity index (χ0n) is 10.5. The van der Waals surface area contributed by atoms with Gasteiger partial charge in [0.05, 0.1) is 12.2 Å². The summed E-state index contributed by atoms with van der Waals surface area (Å²) < 4.78 is 18.4. The Morgan fingerprint density at radius 2 is 2.11 bits per heavy atom. The lowest BCUT2D eigenvalue weighted by Crippen LogP contribution is -2.18. The van der Waals surface area contributed by atoms with Crippen LogP contribution in [0.3, 0.4) is 0 Å². The van der Waals surface area contributed by atoms with Crippen LogP contribution in [0.25, 0.3) is 0 Å². The van der Waals surface area contributed by atoms with E-state index in [1.54, 1.807) is 7.05 Å². The average molecular weight is 253 g/mol. The molecule has 0 aliphatic heterocycles. The normalized spacial score (nSPS) is 9.94. The lowest BCUT2D eigenvalue weighted by molar-refractivity contribution is -0.120. The number of carbonyl (C=O) groups excluding carboxylic acids is 2. The van der Waals surface area contributed by atoms with Crippen molar-refractivity contribution in [3.8, 4) is 5.75 Å². The molecular weight excluding hydrogens is 237 g/mol. The maximum absolute atomic E-state index is 13.0. The van der Waals surface area contributed by atoms with Gasteiger partial charge in [-0.3, -0.25) is 9.59 Å². The Kier molecular flexibility index (Phi) is 5.30. The minimum atomic E-state index is -0.457. The summed E-state index contributed by atoms with van der Waals surface area (Å²) in [5.74, 6) is -0.498. The van der Waals surface area contributed by atoms with Crippen LogP contribution < -0.4 is 10.1 Å². The molecule has 0 saturated carbocycles. The van der Waals surface area contributed by atoms with Crippen LogP contribution >= 0.6 is 0 Å². The van der Waals surface area contributed by atoms with Gasteiger partial charge in [0.25, 0.3) is 0 Å². The molecule has 0 saturated heterocycles. The van der Waals surface area contributed by atoms with Crippen molar-refractivity contribution in [1.82, 2.24) is 5.32 Å². The summed E-state index contributed by atoms with van der Waals surface area (Å²) in [6, 6.07) is 3.79. The predicted molar refractivity (Wildman–Crippen MR) is 65.2 cm³/mol. The van der Waals surface area contributed by atoms with Crippen molar-refractivity contribution in [2.24, 2.45) is 0 Å². The molecule has 98 valence electrons. The first-order valence-corrected chi connectivity index (χ1v) is 5.68. The van der Waals surface area contributed by atoms with Crippen molar-refractivity contribution in [2.45, 2.75) is 19.8 Å². The highest BCUT2D eigenvalue weighted by molar-refractivity contribution is 5.96. The monoisotopic (exact) mass is 253 g/mol. The highest BCUT2D eigenvalue weighted by atomic mass is 19.1. The molecule has 1 aromatic rings. The van der Waals surface area contributed by atoms with E-state index >= 15 is 0 Å². The fourth-order valence-corrected chi connectivity index (χ4v) is 1.45. The van der Waals surface area contributed by atoms with Crippen molar-refractivity contribution in [3.05, 3.63) is 29.6 Å². The molecule has 0 unspecified atom stereocenters. The van der Waals surface area contributed by atoms with E-state index < -0.39 is 5.82 Å². The average Bonchev–Trinajstić information content (AvgIpc) is 2.34. The summed E-state index contributed by atoms with van der Waals surface area (Å²) in [5, 5.41) is 2.49. The van der Waals surface area contributed by atoms with Gasteiger partial charge in [-0.25, -0.2) is 4.39 Å². The summed E-state index contributed by atoms with van der Waals surface area (Å²) in [7, 11) is 1.56. The third-order valence-corrected chi connectivity index (χ3v) is 2.41. The highest BCUT2D eigenvalue weighted by Crippen LogP contribution is 2.20. The number of ketones is 1. The van der Waals surface area contributed by atoms with Gasteiger partial charge in [0.15, 0.2) is 5.78 Å². The Hall–Kier alpha value is -1.91. The third-order valence-electron chi connectivity index (χ3n) is 2.41. The topological polar surface area (TPSA) is 55.4 Å². The number of halogens is 1. The summed E-state index contributed by atoms with van der Waals surface area (Å²) >= 11 is 0. The second-order valence-corrected chi connectivity index (χ2v) is 3.82.